The van der Waals surface area contributed by atoms with Gasteiger partial charge in [-0.15, -0.1) is 0 Å². The third kappa shape index (κ3) is 50.0. The summed E-state index contributed by atoms with van der Waals surface area (Å²) in [4.78, 5) is 23.0. The van der Waals surface area contributed by atoms with Crippen LogP contribution in [0.15, 0.2) is 24.3 Å². The fourth-order valence-electron chi connectivity index (χ4n) is 7.60. The zero-order valence-electron chi connectivity index (χ0n) is 41.9. The monoisotopic (exact) mass is 899 g/mol. The van der Waals surface area contributed by atoms with Gasteiger partial charge in [-0.2, -0.15) is 0 Å². The zero-order chi connectivity index (χ0) is 45.5. The van der Waals surface area contributed by atoms with Gasteiger partial charge in [-0.05, 0) is 64.2 Å². The third-order valence-corrected chi connectivity index (χ3v) is 12.7. The van der Waals surface area contributed by atoms with E-state index in [9.17, 15) is 14.3 Å². The van der Waals surface area contributed by atoms with Crippen molar-refractivity contribution in [2.45, 2.75) is 258 Å². The molecule has 0 heterocycles. The van der Waals surface area contributed by atoms with Crippen LogP contribution < -0.4 is 0 Å². The normalized spacial score (nSPS) is 13.7. The maximum absolute atomic E-state index is 12.8. The van der Waals surface area contributed by atoms with Crippen molar-refractivity contribution in [3.05, 3.63) is 24.3 Å². The summed E-state index contributed by atoms with van der Waals surface area (Å²) in [5, 5.41) is 0. The van der Waals surface area contributed by atoms with Gasteiger partial charge in [0.2, 0.25) is 0 Å². The number of nitrogens with zero attached hydrogens (tertiary/aromatic N) is 1. The van der Waals surface area contributed by atoms with Crippen LogP contribution in [0.3, 0.4) is 0 Å². The van der Waals surface area contributed by atoms with Crippen LogP contribution >= 0.6 is 7.82 Å². The molecule has 2 unspecified atom stereocenters. The predicted octanol–water partition coefficient (Wildman–Crippen LogP) is 16.3. The first kappa shape index (κ1) is 61.0. The Bertz CT molecular complexity index is 1050. The van der Waals surface area contributed by atoms with Crippen molar-refractivity contribution < 1.29 is 37.3 Å². The molecule has 62 heavy (non-hydrogen) atoms. The van der Waals surface area contributed by atoms with E-state index in [0.29, 0.717) is 24.1 Å². The van der Waals surface area contributed by atoms with E-state index in [1.807, 2.05) is 21.1 Å². The number of quaternary nitrogens is 1. The van der Waals surface area contributed by atoms with E-state index < -0.39 is 13.9 Å². The maximum Gasteiger partial charge on any atom is 0.472 e. The Balaban J connectivity index is 4.11. The molecule has 368 valence electrons. The highest BCUT2D eigenvalue weighted by molar-refractivity contribution is 7.47. The van der Waals surface area contributed by atoms with Gasteiger partial charge in [0.25, 0.3) is 0 Å². The SMILES string of the molecule is CCCCCCCCC/C=C\CCCCCCCCCCOCC(COP(=O)(O)OCC[N+](C)(C)C)OC(=O)CCCCCCCCCCC/C=C\CCCCCCCCCC. The van der Waals surface area contributed by atoms with Gasteiger partial charge in [-0.25, -0.2) is 4.57 Å². The Labute approximate surface area is 385 Å². The lowest BCUT2D eigenvalue weighted by molar-refractivity contribution is -0.870. The third-order valence-electron chi connectivity index (χ3n) is 11.7. The number of unbranched alkanes of at least 4 members (excludes halogenated alkanes) is 32. The fourth-order valence-corrected chi connectivity index (χ4v) is 8.34. The molecule has 2 atom stereocenters. The summed E-state index contributed by atoms with van der Waals surface area (Å²) in [6.45, 7) is 5.66. The molecule has 0 amide bonds. The zero-order valence-corrected chi connectivity index (χ0v) is 42.8. The van der Waals surface area contributed by atoms with Gasteiger partial charge in [0, 0.05) is 13.0 Å². The van der Waals surface area contributed by atoms with E-state index in [2.05, 4.69) is 38.2 Å². The molecule has 0 aliphatic carbocycles. The number of carbonyl (C=O) groups excluding carboxylic acids is 1. The second-order valence-corrected chi connectivity index (χ2v) is 20.7. The number of allylic oxidation sites excluding steroid dienone is 4. The maximum atomic E-state index is 12.8. The molecule has 0 aromatic rings. The van der Waals surface area contributed by atoms with Crippen molar-refractivity contribution in [2.24, 2.45) is 0 Å². The summed E-state index contributed by atoms with van der Waals surface area (Å²) in [6, 6.07) is 0. The van der Waals surface area contributed by atoms with Crippen molar-refractivity contribution in [1.29, 1.82) is 0 Å². The lowest BCUT2D eigenvalue weighted by Crippen LogP contribution is -2.37. The number of esters is 1. The Morgan fingerprint density at radius 2 is 0.839 bits per heavy atom. The summed E-state index contributed by atoms with van der Waals surface area (Å²) in [5.41, 5.74) is 0. The first-order valence-corrected chi connectivity index (χ1v) is 28.1. The van der Waals surface area contributed by atoms with Crippen LogP contribution in [0, 0.1) is 0 Å². The van der Waals surface area contributed by atoms with E-state index in [1.54, 1.807) is 0 Å². The Morgan fingerprint density at radius 3 is 1.23 bits per heavy atom. The molecule has 1 N–H and O–H groups in total. The quantitative estimate of drug-likeness (QED) is 0.0214. The van der Waals surface area contributed by atoms with Crippen LogP contribution in [-0.4, -0.2) is 75.6 Å². The number of ether oxygens (including phenoxy) is 2. The van der Waals surface area contributed by atoms with Crippen LogP contribution in [-0.2, 0) is 27.9 Å². The Hall–Kier alpha value is -1.02. The predicted molar refractivity (Wildman–Crippen MR) is 266 cm³/mol. The molecule has 0 spiro atoms. The molecule has 9 heteroatoms. The van der Waals surface area contributed by atoms with Gasteiger partial charge in [0.1, 0.15) is 19.3 Å². The summed E-state index contributed by atoms with van der Waals surface area (Å²) < 4.78 is 35.2. The number of likely N-dealkylation sites (N-methyl/N-ethyl adjacent to an activating group) is 1. The van der Waals surface area contributed by atoms with Crippen molar-refractivity contribution >= 4 is 13.8 Å². The molecule has 0 aliphatic rings. The van der Waals surface area contributed by atoms with Gasteiger partial charge in [-0.1, -0.05) is 205 Å². The topological polar surface area (TPSA) is 91.3 Å². The summed E-state index contributed by atoms with van der Waals surface area (Å²) in [5.74, 6) is -0.313. The number of hydrogen-bond acceptors (Lipinski definition) is 6. The highest BCUT2D eigenvalue weighted by atomic mass is 31.2. The number of phosphoric acid groups is 1. The highest BCUT2D eigenvalue weighted by Crippen LogP contribution is 2.43. The molecule has 0 fully saturated rings. The average Bonchev–Trinajstić information content (AvgIpc) is 3.23. The molecule has 0 bridgehead atoms. The molecule has 0 saturated heterocycles. The second kappa shape index (κ2) is 46.5. The molecule has 0 saturated carbocycles. The summed E-state index contributed by atoms with van der Waals surface area (Å²) >= 11 is 0. The van der Waals surface area contributed by atoms with Crippen LogP contribution in [0.1, 0.15) is 251 Å². The van der Waals surface area contributed by atoms with E-state index in [-0.39, 0.29) is 25.8 Å². The van der Waals surface area contributed by atoms with Gasteiger partial charge < -0.3 is 18.9 Å². The minimum atomic E-state index is -4.28. The lowest BCUT2D eigenvalue weighted by Gasteiger charge is -2.24. The molecule has 0 radical (unpaired) electrons. The minimum Gasteiger partial charge on any atom is -0.457 e. The number of rotatable bonds is 50. The molecule has 0 rings (SSSR count). The average molecular weight is 899 g/mol. The fraction of sp³-hybridized carbons (Fsp3) is 0.906. The van der Waals surface area contributed by atoms with Gasteiger partial charge >= 0.3 is 13.8 Å². The van der Waals surface area contributed by atoms with Crippen LogP contribution in [0.4, 0.5) is 0 Å². The second-order valence-electron chi connectivity index (χ2n) is 19.3. The van der Waals surface area contributed by atoms with Crippen LogP contribution in [0.2, 0.25) is 0 Å². The minimum absolute atomic E-state index is 0.0893. The van der Waals surface area contributed by atoms with Crippen molar-refractivity contribution in [3.63, 3.8) is 0 Å². The molecular formula is C53H105NO7P+. The lowest BCUT2D eigenvalue weighted by atomic mass is 10.1. The number of phosphoric ester groups is 1. The van der Waals surface area contributed by atoms with E-state index in [1.165, 1.54) is 199 Å². The van der Waals surface area contributed by atoms with Gasteiger partial charge in [0.15, 0.2) is 0 Å². The van der Waals surface area contributed by atoms with Crippen LogP contribution in [0.25, 0.3) is 0 Å². The van der Waals surface area contributed by atoms with E-state index in [0.717, 1.165) is 32.1 Å². The standard InChI is InChI=1S/C53H104NO7P/c1-6-8-10-12-14-16-18-20-22-24-26-27-28-30-32-34-36-38-40-42-44-46-53(55)61-52(51-60-62(56,57)59-49-47-54(3,4)5)50-58-48-45-43-41-39-37-35-33-31-29-25-23-21-19-17-15-13-11-9-7-2/h23-26,52H,6-22,27-51H2,1-5H3/p+1/b25-23-,26-24-. The van der Waals surface area contributed by atoms with Crippen molar-refractivity contribution in [2.75, 3.05) is 54.1 Å². The van der Waals surface area contributed by atoms with Crippen LogP contribution in [0.5, 0.6) is 0 Å². The summed E-state index contributed by atoms with van der Waals surface area (Å²) in [7, 11) is 1.67. The number of carbonyl (C=O) groups is 1. The van der Waals surface area contributed by atoms with E-state index in [4.69, 9.17) is 18.5 Å². The van der Waals surface area contributed by atoms with Crippen molar-refractivity contribution in [3.8, 4) is 0 Å². The first-order chi connectivity index (χ1) is 30.1. The van der Waals surface area contributed by atoms with Gasteiger partial charge in [-0.3, -0.25) is 13.8 Å². The van der Waals surface area contributed by atoms with Crippen molar-refractivity contribution in [1.82, 2.24) is 0 Å². The Morgan fingerprint density at radius 1 is 0.484 bits per heavy atom. The largest absolute Gasteiger partial charge is 0.472 e. The molecule has 0 aromatic carbocycles. The number of hydrogen-bond donors (Lipinski definition) is 1. The smallest absolute Gasteiger partial charge is 0.457 e. The van der Waals surface area contributed by atoms with Gasteiger partial charge in [0.05, 0.1) is 34.4 Å². The molecular weight excluding hydrogens is 794 g/mol. The first-order valence-electron chi connectivity index (χ1n) is 26.6. The van der Waals surface area contributed by atoms with E-state index >= 15 is 0 Å². The molecule has 0 aliphatic heterocycles. The summed E-state index contributed by atoms with van der Waals surface area (Å²) in [6.07, 6.45) is 55.1. The highest BCUT2D eigenvalue weighted by Gasteiger charge is 2.26. The molecule has 8 nitrogen and oxygen atoms in total. The Kier molecular flexibility index (Phi) is 45.7. The molecule has 0 aromatic heterocycles.